The van der Waals surface area contributed by atoms with Crippen LogP contribution in [0.1, 0.15) is 36.2 Å². The number of carbonyl (C=O) groups is 3. The van der Waals surface area contributed by atoms with Gasteiger partial charge in [0, 0.05) is 30.9 Å². The molecular formula is C26H35N3O6. The SMILES string of the molecule is CC(C)NC(=O)c1cccc(N(C)CC(OC=O)C(=O)NC(Cc2ccccc2)C(O)CCO)c1. The lowest BCUT2D eigenvalue weighted by atomic mass is 9.99. The summed E-state index contributed by atoms with van der Waals surface area (Å²) in [6.45, 7) is 3.74. The summed E-state index contributed by atoms with van der Waals surface area (Å²) >= 11 is 0. The first-order chi connectivity index (χ1) is 16.7. The fraction of sp³-hybridized carbons (Fsp3) is 0.423. The van der Waals surface area contributed by atoms with E-state index >= 15 is 0 Å². The van der Waals surface area contributed by atoms with Crippen molar-refractivity contribution < 1.29 is 29.3 Å². The summed E-state index contributed by atoms with van der Waals surface area (Å²) in [5.74, 6) is -0.786. The van der Waals surface area contributed by atoms with Crippen molar-refractivity contribution in [3.63, 3.8) is 0 Å². The molecule has 0 heterocycles. The van der Waals surface area contributed by atoms with E-state index in [0.29, 0.717) is 17.7 Å². The van der Waals surface area contributed by atoms with Crippen LogP contribution in [0.2, 0.25) is 0 Å². The van der Waals surface area contributed by atoms with Crippen LogP contribution in [-0.4, -0.2) is 73.0 Å². The monoisotopic (exact) mass is 485 g/mol. The molecule has 190 valence electrons. The van der Waals surface area contributed by atoms with Gasteiger partial charge in [0.05, 0.1) is 18.7 Å². The minimum atomic E-state index is -1.16. The van der Waals surface area contributed by atoms with Crippen LogP contribution in [0.5, 0.6) is 0 Å². The summed E-state index contributed by atoms with van der Waals surface area (Å²) in [5, 5.41) is 25.4. The van der Waals surface area contributed by atoms with Crippen molar-refractivity contribution in [1.82, 2.24) is 10.6 Å². The van der Waals surface area contributed by atoms with Gasteiger partial charge in [0.25, 0.3) is 18.3 Å². The van der Waals surface area contributed by atoms with Crippen LogP contribution in [0.3, 0.4) is 0 Å². The molecule has 0 saturated carbocycles. The highest BCUT2D eigenvalue weighted by atomic mass is 16.5. The molecule has 35 heavy (non-hydrogen) atoms. The van der Waals surface area contributed by atoms with E-state index in [1.807, 2.05) is 44.2 Å². The van der Waals surface area contributed by atoms with Crippen LogP contribution in [0, 0.1) is 0 Å². The van der Waals surface area contributed by atoms with Crippen LogP contribution in [0.4, 0.5) is 5.69 Å². The van der Waals surface area contributed by atoms with Gasteiger partial charge in [-0.25, -0.2) is 0 Å². The van der Waals surface area contributed by atoms with Gasteiger partial charge >= 0.3 is 0 Å². The molecule has 0 aliphatic heterocycles. The molecule has 2 rings (SSSR count). The number of carbonyl (C=O) groups excluding carboxylic acids is 3. The van der Waals surface area contributed by atoms with Gasteiger partial charge in [0.15, 0.2) is 6.10 Å². The van der Waals surface area contributed by atoms with Gasteiger partial charge in [-0.15, -0.1) is 0 Å². The Morgan fingerprint density at radius 3 is 2.43 bits per heavy atom. The second kappa shape index (κ2) is 14.1. The quantitative estimate of drug-likeness (QED) is 0.297. The van der Waals surface area contributed by atoms with Gasteiger partial charge < -0.3 is 30.5 Å². The summed E-state index contributed by atoms with van der Waals surface area (Å²) in [7, 11) is 1.72. The van der Waals surface area contributed by atoms with Crippen molar-refractivity contribution in [2.24, 2.45) is 0 Å². The van der Waals surface area contributed by atoms with E-state index in [0.717, 1.165) is 5.56 Å². The summed E-state index contributed by atoms with van der Waals surface area (Å²) in [4.78, 5) is 38.2. The Labute approximate surface area is 206 Å². The molecule has 0 bridgehead atoms. The first-order valence-electron chi connectivity index (χ1n) is 11.6. The van der Waals surface area contributed by atoms with Gasteiger partial charge in [-0.2, -0.15) is 0 Å². The van der Waals surface area contributed by atoms with Crippen LogP contribution in [0.15, 0.2) is 54.6 Å². The maximum Gasteiger partial charge on any atom is 0.293 e. The van der Waals surface area contributed by atoms with E-state index in [2.05, 4.69) is 10.6 Å². The molecule has 4 N–H and O–H groups in total. The van der Waals surface area contributed by atoms with Crippen molar-refractivity contribution in [3.05, 3.63) is 65.7 Å². The van der Waals surface area contributed by atoms with E-state index in [1.165, 1.54) is 0 Å². The number of hydrogen-bond acceptors (Lipinski definition) is 7. The predicted molar refractivity (Wildman–Crippen MR) is 133 cm³/mol. The number of likely N-dealkylation sites (N-methyl/N-ethyl adjacent to an activating group) is 1. The minimum absolute atomic E-state index is 0.0111. The Bertz CT molecular complexity index is 953. The molecule has 0 radical (unpaired) electrons. The van der Waals surface area contributed by atoms with Gasteiger partial charge in [0.2, 0.25) is 0 Å². The standard InChI is InChI=1S/C26H35N3O6/c1-18(2)27-25(33)20-10-7-11-21(15-20)29(3)16-24(35-17-31)26(34)28-22(23(32)12-13-30)14-19-8-5-4-6-9-19/h4-11,15,17-18,22-24,30,32H,12-14,16H2,1-3H3,(H,27,33)(H,28,34). The molecule has 2 amide bonds. The molecule has 2 aromatic rings. The average molecular weight is 486 g/mol. The zero-order valence-corrected chi connectivity index (χ0v) is 20.4. The average Bonchev–Trinajstić information content (AvgIpc) is 2.83. The minimum Gasteiger partial charge on any atom is -0.453 e. The van der Waals surface area contributed by atoms with Crippen LogP contribution < -0.4 is 15.5 Å². The largest absolute Gasteiger partial charge is 0.453 e. The number of nitrogens with zero attached hydrogens (tertiary/aromatic N) is 1. The van der Waals surface area contributed by atoms with E-state index in [-0.39, 0.29) is 38.0 Å². The van der Waals surface area contributed by atoms with E-state index in [4.69, 9.17) is 4.74 Å². The topological polar surface area (TPSA) is 128 Å². The first-order valence-corrected chi connectivity index (χ1v) is 11.6. The fourth-order valence-electron chi connectivity index (χ4n) is 3.60. The highest BCUT2D eigenvalue weighted by Gasteiger charge is 2.28. The highest BCUT2D eigenvalue weighted by molar-refractivity contribution is 5.95. The second-order valence-electron chi connectivity index (χ2n) is 8.66. The van der Waals surface area contributed by atoms with Crippen molar-refractivity contribution in [2.75, 3.05) is 25.1 Å². The molecule has 3 unspecified atom stereocenters. The van der Waals surface area contributed by atoms with Gasteiger partial charge in [0.1, 0.15) is 0 Å². The van der Waals surface area contributed by atoms with Crippen LogP contribution in [-0.2, 0) is 20.7 Å². The third kappa shape index (κ3) is 9.03. The van der Waals surface area contributed by atoms with Crippen molar-refractivity contribution in [3.8, 4) is 0 Å². The molecule has 0 fully saturated rings. The summed E-state index contributed by atoms with van der Waals surface area (Å²) in [6.07, 6.45) is -1.73. The third-order valence-electron chi connectivity index (χ3n) is 5.44. The number of anilines is 1. The van der Waals surface area contributed by atoms with Gasteiger partial charge in [-0.3, -0.25) is 14.4 Å². The van der Waals surface area contributed by atoms with E-state index in [9.17, 15) is 24.6 Å². The molecule has 9 nitrogen and oxygen atoms in total. The van der Waals surface area contributed by atoms with Crippen molar-refractivity contribution in [2.45, 2.75) is 51.0 Å². The van der Waals surface area contributed by atoms with Crippen molar-refractivity contribution >= 4 is 24.0 Å². The van der Waals surface area contributed by atoms with E-state index < -0.39 is 24.2 Å². The maximum atomic E-state index is 13.0. The van der Waals surface area contributed by atoms with Gasteiger partial charge in [-0.1, -0.05) is 36.4 Å². The molecule has 0 aliphatic rings. The molecule has 0 aromatic heterocycles. The number of hydrogen-bond donors (Lipinski definition) is 4. The van der Waals surface area contributed by atoms with Gasteiger partial charge in [-0.05, 0) is 50.5 Å². The van der Waals surface area contributed by atoms with Crippen LogP contribution in [0.25, 0.3) is 0 Å². The van der Waals surface area contributed by atoms with Crippen molar-refractivity contribution in [1.29, 1.82) is 0 Å². The maximum absolute atomic E-state index is 13.0. The fourth-order valence-corrected chi connectivity index (χ4v) is 3.60. The number of aliphatic hydroxyl groups is 2. The van der Waals surface area contributed by atoms with E-state index in [1.54, 1.807) is 36.2 Å². The Balaban J connectivity index is 2.14. The molecule has 0 aliphatic carbocycles. The predicted octanol–water partition coefficient (Wildman–Crippen LogP) is 1.27. The third-order valence-corrected chi connectivity index (χ3v) is 5.44. The number of aliphatic hydroxyl groups excluding tert-OH is 2. The number of ether oxygens (including phenoxy) is 1. The second-order valence-corrected chi connectivity index (χ2v) is 8.66. The number of rotatable bonds is 14. The Kier molecular flexibility index (Phi) is 11.2. The lowest BCUT2D eigenvalue weighted by molar-refractivity contribution is -0.145. The molecule has 2 aromatic carbocycles. The molecule has 0 spiro atoms. The zero-order chi connectivity index (χ0) is 25.8. The summed E-state index contributed by atoms with van der Waals surface area (Å²) in [5.41, 5.74) is 2.03. The number of nitrogens with one attached hydrogen (secondary N) is 2. The summed E-state index contributed by atoms with van der Waals surface area (Å²) < 4.78 is 5.07. The highest BCUT2D eigenvalue weighted by Crippen LogP contribution is 2.16. The molecule has 0 saturated heterocycles. The first kappa shape index (κ1) is 27.8. The Hall–Kier alpha value is -3.43. The number of benzene rings is 2. The lowest BCUT2D eigenvalue weighted by Crippen LogP contribution is -2.51. The Morgan fingerprint density at radius 2 is 1.80 bits per heavy atom. The lowest BCUT2D eigenvalue weighted by Gasteiger charge is -2.28. The van der Waals surface area contributed by atoms with Crippen LogP contribution >= 0.6 is 0 Å². The number of amides is 2. The molecule has 3 atom stereocenters. The molecule has 9 heteroatoms. The normalized spacial score (nSPS) is 13.4. The smallest absolute Gasteiger partial charge is 0.293 e. The zero-order valence-electron chi connectivity index (χ0n) is 20.4. The summed E-state index contributed by atoms with van der Waals surface area (Å²) in [6, 6.07) is 15.5. The molecular weight excluding hydrogens is 450 g/mol. The Morgan fingerprint density at radius 1 is 1.09 bits per heavy atom.